The lowest BCUT2D eigenvalue weighted by atomic mass is 10.2. The average molecular weight is 468 g/mol. The van der Waals surface area contributed by atoms with E-state index in [-0.39, 0.29) is 12.6 Å². The van der Waals surface area contributed by atoms with Crippen LogP contribution in [-0.2, 0) is 6.61 Å². The Morgan fingerprint density at radius 2 is 1.78 bits per heavy atom. The maximum atomic E-state index is 12.3. The second kappa shape index (κ2) is 9.90. The highest BCUT2D eigenvalue weighted by Crippen LogP contribution is 2.41. The molecule has 9 heteroatoms. The maximum absolute atomic E-state index is 12.3. The third kappa shape index (κ3) is 4.96. The van der Waals surface area contributed by atoms with E-state index < -0.39 is 0 Å². The summed E-state index contributed by atoms with van der Waals surface area (Å²) in [4.78, 5) is 17.8. The van der Waals surface area contributed by atoms with Crippen LogP contribution in [0, 0.1) is 0 Å². The van der Waals surface area contributed by atoms with Crippen molar-refractivity contribution in [3.8, 4) is 11.5 Å². The molecule has 4 aromatic rings. The van der Waals surface area contributed by atoms with Gasteiger partial charge in [0, 0.05) is 28.2 Å². The Morgan fingerprint density at radius 3 is 2.50 bits per heavy atom. The van der Waals surface area contributed by atoms with Crippen molar-refractivity contribution in [2.45, 2.75) is 15.7 Å². The summed E-state index contributed by atoms with van der Waals surface area (Å²) < 4.78 is 11.8. The van der Waals surface area contributed by atoms with Crippen LogP contribution in [-0.4, -0.2) is 30.3 Å². The molecule has 0 aliphatic rings. The van der Waals surface area contributed by atoms with Crippen LogP contribution in [0.4, 0.5) is 15.5 Å². The first-order valence-corrected chi connectivity index (χ1v) is 11.3. The number of urea groups is 1. The topological polar surface area (TPSA) is 92.7 Å². The lowest BCUT2D eigenvalue weighted by Crippen LogP contribution is -2.18. The van der Waals surface area contributed by atoms with Gasteiger partial charge in [-0.05, 0) is 42.0 Å². The van der Waals surface area contributed by atoms with Gasteiger partial charge in [-0.2, -0.15) is 0 Å². The van der Waals surface area contributed by atoms with Crippen molar-refractivity contribution in [1.82, 2.24) is 4.98 Å². The number of carbonyl (C=O) groups is 1. The number of anilines is 2. The fraction of sp³-hybridized carbons (Fsp3) is 0.130. The number of aliphatic hydroxyl groups is 1. The number of amides is 2. The molecule has 0 bridgehead atoms. The molecule has 32 heavy (non-hydrogen) atoms. The number of nitrogens with one attached hydrogen (secondary N) is 2. The minimum Gasteiger partial charge on any atom is -0.493 e. The summed E-state index contributed by atoms with van der Waals surface area (Å²) in [6.07, 6.45) is 1.76. The molecule has 2 heterocycles. The molecule has 3 N–H and O–H groups in total. The van der Waals surface area contributed by atoms with Gasteiger partial charge < -0.3 is 19.9 Å². The SMILES string of the molecule is COc1cc2nccc(Sc3ccc(NC(=O)Nc4ccc(CO)cc4)s3)c2cc1OC. The van der Waals surface area contributed by atoms with E-state index in [1.165, 1.54) is 11.3 Å². The van der Waals surface area contributed by atoms with Crippen molar-refractivity contribution in [3.63, 3.8) is 0 Å². The van der Waals surface area contributed by atoms with E-state index in [4.69, 9.17) is 14.6 Å². The number of nitrogens with zero attached hydrogens (tertiary/aromatic N) is 1. The molecule has 164 valence electrons. The summed E-state index contributed by atoms with van der Waals surface area (Å²) in [7, 11) is 3.21. The highest BCUT2D eigenvalue weighted by molar-refractivity contribution is 8.01. The Hall–Kier alpha value is -3.27. The zero-order valence-electron chi connectivity index (χ0n) is 17.4. The summed E-state index contributed by atoms with van der Waals surface area (Å²) in [6, 6.07) is 16.3. The molecule has 0 spiro atoms. The van der Waals surface area contributed by atoms with E-state index in [2.05, 4.69) is 15.6 Å². The van der Waals surface area contributed by atoms with Crippen molar-refractivity contribution >= 4 is 50.7 Å². The molecule has 7 nitrogen and oxygen atoms in total. The molecule has 4 rings (SSSR count). The molecule has 2 aromatic carbocycles. The monoisotopic (exact) mass is 467 g/mol. The van der Waals surface area contributed by atoms with Gasteiger partial charge in [-0.3, -0.25) is 10.3 Å². The Labute approximate surface area is 193 Å². The van der Waals surface area contributed by atoms with E-state index in [9.17, 15) is 4.79 Å². The van der Waals surface area contributed by atoms with Crippen LogP contribution in [0.2, 0.25) is 0 Å². The zero-order chi connectivity index (χ0) is 22.5. The first-order chi connectivity index (χ1) is 15.6. The highest BCUT2D eigenvalue weighted by Gasteiger charge is 2.12. The largest absolute Gasteiger partial charge is 0.493 e. The number of aromatic nitrogens is 1. The van der Waals surface area contributed by atoms with Gasteiger partial charge >= 0.3 is 6.03 Å². The summed E-state index contributed by atoms with van der Waals surface area (Å²) >= 11 is 3.07. The van der Waals surface area contributed by atoms with Crippen LogP contribution in [0.25, 0.3) is 10.9 Å². The van der Waals surface area contributed by atoms with Gasteiger partial charge in [-0.1, -0.05) is 23.9 Å². The first-order valence-electron chi connectivity index (χ1n) is 9.66. The Bertz CT molecular complexity index is 1240. The maximum Gasteiger partial charge on any atom is 0.324 e. The average Bonchev–Trinajstić information content (AvgIpc) is 3.25. The molecule has 0 radical (unpaired) electrons. The molecule has 0 atom stereocenters. The lowest BCUT2D eigenvalue weighted by molar-refractivity contribution is 0.262. The molecular weight excluding hydrogens is 446 g/mol. The number of ether oxygens (including phenoxy) is 2. The third-order valence-corrected chi connectivity index (χ3v) is 6.84. The Morgan fingerprint density at radius 1 is 1.03 bits per heavy atom. The second-order valence-corrected chi connectivity index (χ2v) is 9.11. The minimum atomic E-state index is -0.327. The third-order valence-electron chi connectivity index (χ3n) is 4.63. The van der Waals surface area contributed by atoms with Gasteiger partial charge in [0.15, 0.2) is 11.5 Å². The van der Waals surface area contributed by atoms with Crippen molar-refractivity contribution in [2.75, 3.05) is 24.9 Å². The molecule has 0 saturated heterocycles. The first kappa shape index (κ1) is 21.9. The normalized spacial score (nSPS) is 10.7. The number of thiophene rings is 1. The predicted octanol–water partition coefficient (Wildman–Crippen LogP) is 5.60. The van der Waals surface area contributed by atoms with Crippen molar-refractivity contribution in [2.24, 2.45) is 0 Å². The zero-order valence-corrected chi connectivity index (χ0v) is 19.0. The summed E-state index contributed by atoms with van der Waals surface area (Å²) in [5.41, 5.74) is 2.25. The molecule has 0 fully saturated rings. The van der Waals surface area contributed by atoms with Gasteiger partial charge in [0.05, 0.1) is 35.6 Å². The molecule has 2 aromatic heterocycles. The van der Waals surface area contributed by atoms with E-state index in [1.54, 1.807) is 56.4 Å². The Kier molecular flexibility index (Phi) is 6.79. The van der Waals surface area contributed by atoms with E-state index in [1.807, 2.05) is 30.3 Å². The van der Waals surface area contributed by atoms with Crippen molar-refractivity contribution < 1.29 is 19.4 Å². The minimum absolute atomic E-state index is 0.0325. The predicted molar refractivity (Wildman–Crippen MR) is 128 cm³/mol. The van der Waals surface area contributed by atoms with Crippen LogP contribution in [0.1, 0.15) is 5.56 Å². The van der Waals surface area contributed by atoms with Crippen LogP contribution in [0.15, 0.2) is 69.9 Å². The van der Waals surface area contributed by atoms with Gasteiger partial charge in [0.1, 0.15) is 0 Å². The summed E-state index contributed by atoms with van der Waals surface area (Å²) in [5, 5.41) is 16.4. The Balaban J connectivity index is 1.47. The number of rotatable bonds is 7. The van der Waals surface area contributed by atoms with Crippen molar-refractivity contribution in [1.29, 1.82) is 0 Å². The van der Waals surface area contributed by atoms with Crippen LogP contribution in [0.3, 0.4) is 0 Å². The number of hydrogen-bond donors (Lipinski definition) is 3. The molecule has 0 aliphatic heterocycles. The second-order valence-electron chi connectivity index (χ2n) is 6.69. The quantitative estimate of drug-likeness (QED) is 0.328. The van der Waals surface area contributed by atoms with Crippen LogP contribution < -0.4 is 20.1 Å². The van der Waals surface area contributed by atoms with E-state index in [0.29, 0.717) is 17.2 Å². The molecule has 0 unspecified atom stereocenters. The number of pyridine rings is 1. The molecular formula is C23H21N3O4S2. The van der Waals surface area contributed by atoms with Gasteiger partial charge in [0.25, 0.3) is 0 Å². The number of hydrogen-bond acceptors (Lipinski definition) is 7. The molecule has 2 amide bonds. The van der Waals surface area contributed by atoms with E-state index in [0.717, 1.165) is 30.6 Å². The van der Waals surface area contributed by atoms with Gasteiger partial charge in [-0.15, -0.1) is 11.3 Å². The van der Waals surface area contributed by atoms with Crippen LogP contribution >= 0.6 is 23.1 Å². The summed E-state index contributed by atoms with van der Waals surface area (Å²) in [6.45, 7) is -0.0325. The molecule has 0 saturated carbocycles. The van der Waals surface area contributed by atoms with E-state index >= 15 is 0 Å². The van der Waals surface area contributed by atoms with Crippen LogP contribution in [0.5, 0.6) is 11.5 Å². The fourth-order valence-electron chi connectivity index (χ4n) is 3.05. The number of fused-ring (bicyclic) bond motifs is 1. The highest BCUT2D eigenvalue weighted by atomic mass is 32.2. The number of carbonyl (C=O) groups excluding carboxylic acids is 1. The standard InChI is InChI=1S/C23H21N3O4S2/c1-29-18-11-16-17(12-19(18)30-2)24-10-9-20(16)31-22-8-7-21(32-22)26-23(28)25-15-5-3-14(13-27)4-6-15/h3-12,27H,13H2,1-2H3,(H2,25,26,28). The number of benzene rings is 2. The number of aliphatic hydroxyl groups excluding tert-OH is 1. The van der Waals surface area contributed by atoms with Crippen molar-refractivity contribution in [3.05, 3.63) is 66.4 Å². The van der Waals surface area contributed by atoms with Gasteiger partial charge in [-0.25, -0.2) is 4.79 Å². The molecule has 0 aliphatic carbocycles. The summed E-state index contributed by atoms with van der Waals surface area (Å²) in [5.74, 6) is 1.28. The number of methoxy groups -OCH3 is 2. The smallest absolute Gasteiger partial charge is 0.324 e. The lowest BCUT2D eigenvalue weighted by Gasteiger charge is -2.10. The van der Waals surface area contributed by atoms with Gasteiger partial charge in [0.2, 0.25) is 0 Å². The fourth-order valence-corrected chi connectivity index (χ4v) is 5.15.